The SMILES string of the molecule is COc1ccc(OC)c(CC(=O)N2CCc3nc([C@@H]4CCCNC4)ncc3C2)c1. The molecule has 4 rings (SSSR count). The van der Waals surface area contributed by atoms with E-state index >= 15 is 0 Å². The molecule has 1 saturated heterocycles. The third-order valence-corrected chi connectivity index (χ3v) is 5.80. The fourth-order valence-corrected chi connectivity index (χ4v) is 4.11. The van der Waals surface area contributed by atoms with Crippen LogP contribution in [0.25, 0.3) is 0 Å². The Hall–Kier alpha value is -2.67. The highest BCUT2D eigenvalue weighted by Crippen LogP contribution is 2.27. The quantitative estimate of drug-likeness (QED) is 0.834. The number of benzene rings is 1. The Morgan fingerprint density at radius 3 is 2.97 bits per heavy atom. The lowest BCUT2D eigenvalue weighted by atomic mass is 9.98. The highest BCUT2D eigenvalue weighted by atomic mass is 16.5. The average molecular weight is 396 g/mol. The summed E-state index contributed by atoms with van der Waals surface area (Å²) in [4.78, 5) is 24.3. The smallest absolute Gasteiger partial charge is 0.227 e. The van der Waals surface area contributed by atoms with E-state index in [1.165, 1.54) is 6.42 Å². The highest BCUT2D eigenvalue weighted by Gasteiger charge is 2.25. The molecule has 1 fully saturated rings. The number of hydrogen-bond donors (Lipinski definition) is 1. The van der Waals surface area contributed by atoms with E-state index in [4.69, 9.17) is 14.5 Å². The van der Waals surface area contributed by atoms with E-state index in [2.05, 4.69) is 10.3 Å². The summed E-state index contributed by atoms with van der Waals surface area (Å²) in [7, 11) is 3.23. The fraction of sp³-hybridized carbons (Fsp3) is 0.500. The minimum absolute atomic E-state index is 0.0720. The molecule has 3 heterocycles. The van der Waals surface area contributed by atoms with Gasteiger partial charge in [-0.25, -0.2) is 9.97 Å². The molecule has 2 aliphatic rings. The first kappa shape index (κ1) is 19.6. The number of amides is 1. The van der Waals surface area contributed by atoms with Crippen molar-refractivity contribution < 1.29 is 14.3 Å². The lowest BCUT2D eigenvalue weighted by Gasteiger charge is -2.29. The molecule has 29 heavy (non-hydrogen) atoms. The monoisotopic (exact) mass is 396 g/mol. The van der Waals surface area contributed by atoms with Gasteiger partial charge in [-0.3, -0.25) is 4.79 Å². The summed E-state index contributed by atoms with van der Waals surface area (Å²) < 4.78 is 10.7. The zero-order valence-electron chi connectivity index (χ0n) is 17.1. The molecule has 0 unspecified atom stereocenters. The number of carbonyl (C=O) groups is 1. The Bertz CT molecular complexity index is 880. The largest absolute Gasteiger partial charge is 0.497 e. The second-order valence-corrected chi connectivity index (χ2v) is 7.66. The van der Waals surface area contributed by atoms with Crippen LogP contribution in [0.4, 0.5) is 0 Å². The van der Waals surface area contributed by atoms with E-state index in [1.54, 1.807) is 14.2 Å². The van der Waals surface area contributed by atoms with E-state index < -0.39 is 0 Å². The Morgan fingerprint density at radius 2 is 2.21 bits per heavy atom. The van der Waals surface area contributed by atoms with Gasteiger partial charge in [-0.15, -0.1) is 0 Å². The van der Waals surface area contributed by atoms with Gasteiger partial charge in [0.25, 0.3) is 0 Å². The number of aromatic nitrogens is 2. The van der Waals surface area contributed by atoms with Crippen LogP contribution < -0.4 is 14.8 Å². The van der Waals surface area contributed by atoms with Gasteiger partial charge in [0, 0.05) is 49.3 Å². The molecule has 0 bridgehead atoms. The van der Waals surface area contributed by atoms with Gasteiger partial charge in [0.1, 0.15) is 17.3 Å². The van der Waals surface area contributed by atoms with Crippen molar-refractivity contribution in [3.8, 4) is 11.5 Å². The summed E-state index contributed by atoms with van der Waals surface area (Å²) in [6.07, 6.45) is 5.27. The first-order valence-corrected chi connectivity index (χ1v) is 10.2. The third-order valence-electron chi connectivity index (χ3n) is 5.80. The molecule has 2 aliphatic heterocycles. The van der Waals surface area contributed by atoms with Gasteiger partial charge in [-0.05, 0) is 37.6 Å². The Morgan fingerprint density at radius 1 is 1.31 bits per heavy atom. The molecule has 1 amide bonds. The minimum atomic E-state index is 0.0720. The first-order valence-electron chi connectivity index (χ1n) is 10.2. The molecule has 1 atom stereocenters. The zero-order chi connectivity index (χ0) is 20.2. The lowest BCUT2D eigenvalue weighted by molar-refractivity contribution is -0.131. The van der Waals surface area contributed by atoms with Crippen LogP contribution in [0.2, 0.25) is 0 Å². The molecule has 0 radical (unpaired) electrons. The van der Waals surface area contributed by atoms with Crippen molar-refractivity contribution in [3.05, 3.63) is 47.0 Å². The molecule has 7 heteroatoms. The van der Waals surface area contributed by atoms with Gasteiger partial charge in [0.2, 0.25) is 5.91 Å². The van der Waals surface area contributed by atoms with E-state index in [1.807, 2.05) is 29.3 Å². The molecule has 0 spiro atoms. The van der Waals surface area contributed by atoms with Gasteiger partial charge >= 0.3 is 0 Å². The van der Waals surface area contributed by atoms with Crippen molar-refractivity contribution >= 4 is 5.91 Å². The molecule has 1 aromatic carbocycles. The molecular weight excluding hydrogens is 368 g/mol. The van der Waals surface area contributed by atoms with Crippen molar-refractivity contribution in [3.63, 3.8) is 0 Å². The molecule has 7 nitrogen and oxygen atoms in total. The Kier molecular flexibility index (Phi) is 5.94. The second kappa shape index (κ2) is 8.78. The maximum atomic E-state index is 12.9. The van der Waals surface area contributed by atoms with E-state index in [-0.39, 0.29) is 12.3 Å². The van der Waals surface area contributed by atoms with Crippen LogP contribution in [0, 0.1) is 0 Å². The summed E-state index contributed by atoms with van der Waals surface area (Å²) >= 11 is 0. The summed E-state index contributed by atoms with van der Waals surface area (Å²) in [6.45, 7) is 3.27. The van der Waals surface area contributed by atoms with Crippen molar-refractivity contribution in [2.75, 3.05) is 33.9 Å². The number of carbonyl (C=O) groups excluding carboxylic acids is 1. The highest BCUT2D eigenvalue weighted by molar-refractivity contribution is 5.80. The summed E-state index contributed by atoms with van der Waals surface area (Å²) in [5.41, 5.74) is 2.97. The van der Waals surface area contributed by atoms with Crippen LogP contribution in [0.1, 0.15) is 41.4 Å². The van der Waals surface area contributed by atoms with Gasteiger partial charge in [-0.2, -0.15) is 0 Å². The number of piperidine rings is 1. The summed E-state index contributed by atoms with van der Waals surface area (Å²) in [5.74, 6) is 2.83. The van der Waals surface area contributed by atoms with Crippen LogP contribution in [-0.4, -0.2) is 54.6 Å². The summed E-state index contributed by atoms with van der Waals surface area (Å²) in [5, 5.41) is 3.42. The van der Waals surface area contributed by atoms with E-state index in [0.717, 1.165) is 54.3 Å². The standard InChI is InChI=1S/C22H28N4O3/c1-28-18-5-6-20(29-2)16(10-18)11-21(27)26-9-7-19-17(14-26)13-24-22(25-19)15-4-3-8-23-12-15/h5-6,10,13,15,23H,3-4,7-9,11-12,14H2,1-2H3/t15-/m1/s1. The third kappa shape index (κ3) is 4.34. The maximum Gasteiger partial charge on any atom is 0.227 e. The van der Waals surface area contributed by atoms with Crippen LogP contribution in [0.3, 0.4) is 0 Å². The van der Waals surface area contributed by atoms with Gasteiger partial charge in [0.05, 0.1) is 26.3 Å². The molecule has 1 N–H and O–H groups in total. The molecule has 0 saturated carbocycles. The number of rotatable bonds is 5. The van der Waals surface area contributed by atoms with Crippen molar-refractivity contribution in [2.45, 2.75) is 38.1 Å². The van der Waals surface area contributed by atoms with Crippen molar-refractivity contribution in [1.82, 2.24) is 20.2 Å². The predicted molar refractivity (Wildman–Crippen MR) is 109 cm³/mol. The zero-order valence-corrected chi connectivity index (χ0v) is 17.1. The lowest BCUT2D eigenvalue weighted by Crippen LogP contribution is -2.38. The number of hydrogen-bond acceptors (Lipinski definition) is 6. The number of nitrogens with zero attached hydrogens (tertiary/aromatic N) is 3. The number of ether oxygens (including phenoxy) is 2. The van der Waals surface area contributed by atoms with Gasteiger partial charge in [-0.1, -0.05) is 0 Å². The van der Waals surface area contributed by atoms with E-state index in [0.29, 0.717) is 24.8 Å². The fourth-order valence-electron chi connectivity index (χ4n) is 4.11. The van der Waals surface area contributed by atoms with Crippen LogP contribution in [0.5, 0.6) is 11.5 Å². The normalized spacial score (nSPS) is 18.8. The van der Waals surface area contributed by atoms with E-state index in [9.17, 15) is 4.79 Å². The van der Waals surface area contributed by atoms with Gasteiger partial charge in [0.15, 0.2) is 0 Å². The Labute approximate surface area is 171 Å². The van der Waals surface area contributed by atoms with Gasteiger partial charge < -0.3 is 19.7 Å². The summed E-state index contributed by atoms with van der Waals surface area (Å²) in [6, 6.07) is 5.53. The molecule has 0 aliphatic carbocycles. The van der Waals surface area contributed by atoms with Crippen LogP contribution in [0.15, 0.2) is 24.4 Å². The number of nitrogens with one attached hydrogen (secondary N) is 1. The second-order valence-electron chi connectivity index (χ2n) is 7.66. The number of fused-ring (bicyclic) bond motifs is 1. The van der Waals surface area contributed by atoms with Crippen LogP contribution >= 0.6 is 0 Å². The molecular formula is C22H28N4O3. The number of methoxy groups -OCH3 is 2. The maximum absolute atomic E-state index is 12.9. The van der Waals surface area contributed by atoms with Crippen molar-refractivity contribution in [2.24, 2.45) is 0 Å². The van der Waals surface area contributed by atoms with Crippen LogP contribution in [-0.2, 0) is 24.2 Å². The predicted octanol–water partition coefficient (Wildman–Crippen LogP) is 2.09. The average Bonchev–Trinajstić information content (AvgIpc) is 2.78. The molecule has 1 aromatic heterocycles. The topological polar surface area (TPSA) is 76.6 Å². The minimum Gasteiger partial charge on any atom is -0.497 e. The molecule has 2 aromatic rings. The first-order chi connectivity index (χ1) is 14.2. The van der Waals surface area contributed by atoms with Crippen molar-refractivity contribution in [1.29, 1.82) is 0 Å². The molecule has 154 valence electrons. The Balaban J connectivity index is 1.45.